The van der Waals surface area contributed by atoms with Gasteiger partial charge in [0.15, 0.2) is 5.75 Å². The van der Waals surface area contributed by atoms with E-state index in [4.69, 9.17) is 4.74 Å². The lowest BCUT2D eigenvalue weighted by Gasteiger charge is -2.07. The number of nitrogens with one attached hydrogen (secondary N) is 1. The van der Waals surface area contributed by atoms with Crippen molar-refractivity contribution >= 4 is 22.7 Å². The van der Waals surface area contributed by atoms with Gasteiger partial charge in [-0.3, -0.25) is 14.6 Å². The van der Waals surface area contributed by atoms with Crippen LogP contribution >= 0.6 is 0 Å². The van der Waals surface area contributed by atoms with E-state index >= 15 is 0 Å². The van der Waals surface area contributed by atoms with Crippen molar-refractivity contribution < 1.29 is 27.5 Å². The number of rotatable bonds is 4. The zero-order chi connectivity index (χ0) is 19.8. The second-order valence-corrected chi connectivity index (χ2v) is 5.91. The summed E-state index contributed by atoms with van der Waals surface area (Å²) in [4.78, 5) is 31.1. The van der Waals surface area contributed by atoms with Gasteiger partial charge in [0.25, 0.3) is 0 Å². The highest BCUT2D eigenvalue weighted by atomic mass is 19.4. The summed E-state index contributed by atoms with van der Waals surface area (Å²) in [6.07, 6.45) is -2.41. The molecule has 2 heterocycles. The number of ketones is 1. The Hall–Kier alpha value is -3.16. The van der Waals surface area contributed by atoms with E-state index in [0.717, 1.165) is 24.6 Å². The number of H-pyrrole nitrogens is 1. The summed E-state index contributed by atoms with van der Waals surface area (Å²) in [6, 6.07) is 6.27. The minimum absolute atomic E-state index is 0.00461. The minimum Gasteiger partial charge on any atom is -0.424 e. The number of aryl methyl sites for hydroxylation is 1. The third-order valence-electron chi connectivity index (χ3n) is 4.02. The number of alkyl halides is 3. The molecule has 0 saturated heterocycles. The van der Waals surface area contributed by atoms with E-state index in [9.17, 15) is 22.8 Å². The molecule has 3 aromatic rings. The number of ether oxygens (including phenoxy) is 1. The Kier molecular flexibility index (Phi) is 4.73. The number of hydrogen-bond donors (Lipinski definition) is 1. The van der Waals surface area contributed by atoms with Gasteiger partial charge >= 0.3 is 12.1 Å². The largest absolute Gasteiger partial charge is 0.424 e. The monoisotopic (exact) mass is 376 g/mol. The van der Waals surface area contributed by atoms with Crippen LogP contribution in [0, 0.1) is 0 Å². The summed E-state index contributed by atoms with van der Waals surface area (Å²) >= 11 is 0. The molecular weight excluding hydrogens is 361 g/mol. The van der Waals surface area contributed by atoms with Gasteiger partial charge in [-0.25, -0.2) is 0 Å². The van der Waals surface area contributed by atoms with E-state index in [2.05, 4.69) is 9.97 Å². The molecular formula is C19H15F3N2O3. The van der Waals surface area contributed by atoms with Crippen LogP contribution in [0.25, 0.3) is 10.9 Å². The van der Waals surface area contributed by atoms with E-state index in [1.54, 1.807) is 12.1 Å². The molecule has 0 spiro atoms. The molecule has 1 N–H and O–H groups in total. The topological polar surface area (TPSA) is 72.1 Å². The molecule has 3 rings (SSSR count). The summed E-state index contributed by atoms with van der Waals surface area (Å²) in [6.45, 7) is 3.02. The van der Waals surface area contributed by atoms with Crippen molar-refractivity contribution in [2.24, 2.45) is 0 Å². The maximum absolute atomic E-state index is 13.0. The molecule has 0 atom stereocenters. The summed E-state index contributed by atoms with van der Waals surface area (Å²) in [5.41, 5.74) is 0.185. The number of aromatic amines is 1. The molecule has 0 amide bonds. The number of fused-ring (bicyclic) bond motifs is 1. The fourth-order valence-corrected chi connectivity index (χ4v) is 2.70. The highest BCUT2D eigenvalue weighted by molar-refractivity contribution is 6.13. The van der Waals surface area contributed by atoms with E-state index in [1.165, 1.54) is 12.3 Å². The molecule has 27 heavy (non-hydrogen) atoms. The van der Waals surface area contributed by atoms with Crippen molar-refractivity contribution in [2.45, 2.75) is 26.4 Å². The van der Waals surface area contributed by atoms with Crippen LogP contribution in [0.1, 0.15) is 41.2 Å². The van der Waals surface area contributed by atoms with Gasteiger partial charge in [0, 0.05) is 24.0 Å². The zero-order valence-electron chi connectivity index (χ0n) is 14.5. The summed E-state index contributed by atoms with van der Waals surface area (Å²) in [5.74, 6) is -1.57. The smallest absolute Gasteiger partial charge is 0.416 e. The lowest BCUT2D eigenvalue weighted by atomic mass is 10.1. The Morgan fingerprint density at radius 3 is 2.56 bits per heavy atom. The van der Waals surface area contributed by atoms with E-state index < -0.39 is 23.5 Å². The van der Waals surface area contributed by atoms with Crippen LogP contribution < -0.4 is 4.74 Å². The van der Waals surface area contributed by atoms with Crippen LogP contribution in [-0.4, -0.2) is 21.7 Å². The van der Waals surface area contributed by atoms with Gasteiger partial charge in [-0.05, 0) is 42.3 Å². The number of nitrogens with zero attached hydrogens (tertiary/aromatic N) is 1. The predicted octanol–water partition coefficient (Wildman–Crippen LogP) is 4.30. The SMILES string of the molecule is CCc1ccnc(C(=O)c2[nH]c3ccc(C(F)(F)F)cc3c2OC(C)=O)c1. The molecule has 0 fully saturated rings. The highest BCUT2D eigenvalue weighted by Gasteiger charge is 2.32. The maximum atomic E-state index is 13.0. The first-order valence-electron chi connectivity index (χ1n) is 8.11. The minimum atomic E-state index is -4.57. The molecule has 0 saturated carbocycles. The second kappa shape index (κ2) is 6.86. The fourth-order valence-electron chi connectivity index (χ4n) is 2.70. The predicted molar refractivity (Wildman–Crippen MR) is 91.7 cm³/mol. The fraction of sp³-hybridized carbons (Fsp3) is 0.211. The Balaban J connectivity index is 2.19. The van der Waals surface area contributed by atoms with Crippen molar-refractivity contribution in [2.75, 3.05) is 0 Å². The van der Waals surface area contributed by atoms with Crippen LogP contribution in [0.4, 0.5) is 13.2 Å². The number of halogens is 3. The van der Waals surface area contributed by atoms with Gasteiger partial charge in [-0.15, -0.1) is 0 Å². The number of pyridine rings is 1. The van der Waals surface area contributed by atoms with Crippen LogP contribution in [0.5, 0.6) is 5.75 Å². The zero-order valence-corrected chi connectivity index (χ0v) is 14.5. The third kappa shape index (κ3) is 3.69. The summed E-state index contributed by atoms with van der Waals surface area (Å²) in [5, 5.41) is -0.00461. The van der Waals surface area contributed by atoms with Crippen molar-refractivity contribution in [3.05, 3.63) is 59.0 Å². The Bertz CT molecular complexity index is 1040. The summed E-state index contributed by atoms with van der Waals surface area (Å²) < 4.78 is 44.2. The molecule has 1 aromatic carbocycles. The first-order valence-corrected chi connectivity index (χ1v) is 8.11. The van der Waals surface area contributed by atoms with Crippen molar-refractivity contribution in [3.63, 3.8) is 0 Å². The number of esters is 1. The number of hydrogen-bond acceptors (Lipinski definition) is 4. The molecule has 140 valence electrons. The Morgan fingerprint density at radius 1 is 1.19 bits per heavy atom. The van der Waals surface area contributed by atoms with Gasteiger partial charge < -0.3 is 9.72 Å². The van der Waals surface area contributed by atoms with E-state index in [1.807, 2.05) is 6.92 Å². The normalized spacial score (nSPS) is 11.6. The molecule has 0 bridgehead atoms. The molecule has 0 aliphatic heterocycles. The first-order chi connectivity index (χ1) is 12.7. The van der Waals surface area contributed by atoms with E-state index in [-0.39, 0.29) is 28.0 Å². The standard InChI is InChI=1S/C19H15F3N2O3/c1-3-11-6-7-23-15(8-11)17(26)16-18(27-10(2)25)13-9-12(19(20,21)22)4-5-14(13)24-16/h4-9,24H,3H2,1-2H3. The van der Waals surface area contributed by atoms with Gasteiger partial charge in [0.1, 0.15) is 11.4 Å². The molecule has 8 heteroatoms. The average molecular weight is 376 g/mol. The van der Waals surface area contributed by atoms with Crippen LogP contribution in [-0.2, 0) is 17.4 Å². The third-order valence-corrected chi connectivity index (χ3v) is 4.02. The second-order valence-electron chi connectivity index (χ2n) is 5.91. The molecule has 5 nitrogen and oxygen atoms in total. The van der Waals surface area contributed by atoms with Gasteiger partial charge in [-0.1, -0.05) is 6.92 Å². The molecule has 0 aliphatic carbocycles. The molecule has 0 radical (unpaired) electrons. The number of carbonyl (C=O) groups excluding carboxylic acids is 2. The quantitative estimate of drug-likeness (QED) is 0.544. The van der Waals surface area contributed by atoms with Crippen LogP contribution in [0.3, 0.4) is 0 Å². The molecule has 2 aromatic heterocycles. The van der Waals surface area contributed by atoms with Crippen molar-refractivity contribution in [1.29, 1.82) is 0 Å². The average Bonchev–Trinajstić information content (AvgIpc) is 2.97. The summed E-state index contributed by atoms with van der Waals surface area (Å²) in [7, 11) is 0. The number of benzene rings is 1. The van der Waals surface area contributed by atoms with Crippen LogP contribution in [0.15, 0.2) is 36.5 Å². The Labute approximate surface area is 152 Å². The maximum Gasteiger partial charge on any atom is 0.416 e. The van der Waals surface area contributed by atoms with Gasteiger partial charge in [0.05, 0.1) is 5.56 Å². The highest BCUT2D eigenvalue weighted by Crippen LogP contribution is 2.37. The number of carbonyl (C=O) groups is 2. The van der Waals surface area contributed by atoms with Gasteiger partial charge in [0.2, 0.25) is 5.78 Å². The first kappa shape index (κ1) is 18.6. The van der Waals surface area contributed by atoms with Crippen molar-refractivity contribution in [3.8, 4) is 5.75 Å². The molecule has 0 aliphatic rings. The van der Waals surface area contributed by atoms with Crippen LogP contribution in [0.2, 0.25) is 0 Å². The number of aromatic nitrogens is 2. The Morgan fingerprint density at radius 2 is 1.93 bits per heavy atom. The lowest BCUT2D eigenvalue weighted by molar-refractivity contribution is -0.137. The van der Waals surface area contributed by atoms with Gasteiger partial charge in [-0.2, -0.15) is 13.2 Å². The van der Waals surface area contributed by atoms with E-state index in [0.29, 0.717) is 6.42 Å². The van der Waals surface area contributed by atoms with Crippen molar-refractivity contribution in [1.82, 2.24) is 9.97 Å². The lowest BCUT2D eigenvalue weighted by Crippen LogP contribution is -2.10. The molecule has 0 unspecified atom stereocenters.